The van der Waals surface area contributed by atoms with Gasteiger partial charge < -0.3 is 10.2 Å². The summed E-state index contributed by atoms with van der Waals surface area (Å²) in [5.41, 5.74) is 0.711. The molecule has 0 radical (unpaired) electrons. The van der Waals surface area contributed by atoms with Gasteiger partial charge in [0, 0.05) is 13.0 Å². The highest BCUT2D eigenvalue weighted by Crippen LogP contribution is 2.69. The van der Waals surface area contributed by atoms with E-state index >= 15 is 0 Å². The number of fused-ring (bicyclic) bond motifs is 5. The van der Waals surface area contributed by atoms with E-state index < -0.39 is 5.60 Å². The van der Waals surface area contributed by atoms with Gasteiger partial charge in [0.1, 0.15) is 0 Å². The number of ketones is 1. The highest BCUT2D eigenvalue weighted by Gasteiger charge is 2.65. The van der Waals surface area contributed by atoms with Gasteiger partial charge in [-0.15, -0.1) is 0 Å². The molecular weight excluding hydrogens is 368 g/mol. The molecule has 0 bridgehead atoms. The monoisotopic (exact) mass is 404 g/mol. The fraction of sp³-hybridized carbons (Fsp3) is 0.833. The van der Waals surface area contributed by atoms with Crippen molar-refractivity contribution >= 4 is 22.9 Å². The van der Waals surface area contributed by atoms with E-state index in [4.69, 9.17) is 12.2 Å². The predicted molar refractivity (Wildman–Crippen MR) is 115 cm³/mol. The lowest BCUT2D eigenvalue weighted by Crippen LogP contribution is -2.57. The van der Waals surface area contributed by atoms with Crippen LogP contribution in [0.5, 0.6) is 0 Å². The Hall–Kier alpha value is -0.580. The molecular formula is C24H36O3S. The summed E-state index contributed by atoms with van der Waals surface area (Å²) in [6, 6.07) is 0. The molecule has 0 aromatic carbocycles. The van der Waals surface area contributed by atoms with Gasteiger partial charge in [-0.05, 0) is 104 Å². The van der Waals surface area contributed by atoms with Crippen LogP contribution in [0.1, 0.15) is 78.6 Å². The molecule has 3 fully saturated rings. The highest BCUT2D eigenvalue weighted by molar-refractivity contribution is 7.80. The second-order valence-corrected chi connectivity index (χ2v) is 11.3. The van der Waals surface area contributed by atoms with Crippen molar-refractivity contribution in [3.8, 4) is 0 Å². The zero-order valence-electron chi connectivity index (χ0n) is 17.7. The first kappa shape index (κ1) is 20.7. The van der Waals surface area contributed by atoms with Crippen molar-refractivity contribution in [1.82, 2.24) is 0 Å². The summed E-state index contributed by atoms with van der Waals surface area (Å²) in [5.74, 6) is 2.17. The molecule has 0 saturated heterocycles. The van der Waals surface area contributed by atoms with E-state index in [0.717, 1.165) is 43.4 Å². The van der Waals surface area contributed by atoms with E-state index in [0.29, 0.717) is 42.9 Å². The van der Waals surface area contributed by atoms with Gasteiger partial charge in [0.25, 0.3) is 0 Å². The Morgan fingerprint density at radius 1 is 1.21 bits per heavy atom. The lowest BCUT2D eigenvalue weighted by atomic mass is 9.44. The van der Waals surface area contributed by atoms with Gasteiger partial charge in [0.2, 0.25) is 0 Å². The number of carbonyl (C=O) groups is 1. The first-order chi connectivity index (χ1) is 13.2. The standard InChI is InChI=1S/C24H36O3S/c1-15(28)18-14-16-13-17(26)5-9-22(16,2)19-6-10-23(3)20(21(18)19)7-11-24(23,27)8-4-12-25/h13,18-21,25,27H,4-12,14H2,1-3H3/t18-,19-,20-,21+,22-,23-,24-/m0/s1. The Bertz CT molecular complexity index is 715. The lowest BCUT2D eigenvalue weighted by molar-refractivity contribution is -0.138. The first-order valence-corrected chi connectivity index (χ1v) is 11.6. The zero-order valence-corrected chi connectivity index (χ0v) is 18.5. The molecule has 3 saturated carbocycles. The van der Waals surface area contributed by atoms with Crippen LogP contribution in [0.2, 0.25) is 0 Å². The summed E-state index contributed by atoms with van der Waals surface area (Å²) in [4.78, 5) is 13.2. The quantitative estimate of drug-likeness (QED) is 0.670. The third-order valence-electron chi connectivity index (χ3n) is 9.61. The van der Waals surface area contributed by atoms with Crippen molar-refractivity contribution < 1.29 is 15.0 Å². The maximum atomic E-state index is 12.2. The minimum atomic E-state index is -0.662. The predicted octanol–water partition coefficient (Wildman–Crippen LogP) is 4.64. The molecule has 4 aliphatic rings. The Balaban J connectivity index is 1.73. The first-order valence-electron chi connectivity index (χ1n) is 11.2. The van der Waals surface area contributed by atoms with E-state index in [9.17, 15) is 15.0 Å². The fourth-order valence-corrected chi connectivity index (χ4v) is 8.11. The summed E-state index contributed by atoms with van der Waals surface area (Å²) in [6.45, 7) is 6.94. The van der Waals surface area contributed by atoms with Crippen molar-refractivity contribution in [2.75, 3.05) is 6.61 Å². The van der Waals surface area contributed by atoms with Crippen LogP contribution in [-0.2, 0) is 4.79 Å². The molecule has 4 heteroatoms. The molecule has 3 nitrogen and oxygen atoms in total. The molecule has 0 heterocycles. The SMILES string of the molecule is CC(=S)[C@@H]1CC2=CC(=O)CC[C@]2(C)[C@H]2CC[C@@]3(C)[C@@H](CC[C@@]3(O)CCCO)[C@H]12. The number of rotatable bonds is 4. The number of aliphatic hydroxyl groups is 2. The maximum Gasteiger partial charge on any atom is 0.155 e. The van der Waals surface area contributed by atoms with Gasteiger partial charge in [-0.2, -0.15) is 0 Å². The molecule has 2 N–H and O–H groups in total. The fourth-order valence-electron chi connectivity index (χ4n) is 7.87. The van der Waals surface area contributed by atoms with Gasteiger partial charge in [0.05, 0.1) is 5.60 Å². The summed E-state index contributed by atoms with van der Waals surface area (Å²) in [7, 11) is 0. The molecule has 0 unspecified atom stereocenters. The van der Waals surface area contributed by atoms with Gasteiger partial charge in [0.15, 0.2) is 5.78 Å². The van der Waals surface area contributed by atoms with Crippen LogP contribution in [-0.4, -0.2) is 33.1 Å². The third kappa shape index (κ3) is 2.81. The molecule has 0 spiro atoms. The summed E-state index contributed by atoms with van der Waals surface area (Å²) in [6.07, 6.45) is 9.96. The maximum absolute atomic E-state index is 12.2. The molecule has 4 rings (SSSR count). The van der Waals surface area contributed by atoms with Gasteiger partial charge in [-0.3, -0.25) is 4.79 Å². The number of carbonyl (C=O) groups excluding carboxylic acids is 1. The van der Waals surface area contributed by atoms with Crippen LogP contribution in [0, 0.1) is 34.5 Å². The van der Waals surface area contributed by atoms with E-state index in [1.807, 2.05) is 6.08 Å². The highest BCUT2D eigenvalue weighted by atomic mass is 32.1. The van der Waals surface area contributed by atoms with Crippen LogP contribution in [0.15, 0.2) is 11.6 Å². The molecule has 0 aromatic heterocycles. The molecule has 156 valence electrons. The Morgan fingerprint density at radius 3 is 2.61 bits per heavy atom. The second-order valence-electron chi connectivity index (χ2n) is 10.6. The third-order valence-corrected chi connectivity index (χ3v) is 9.91. The van der Waals surface area contributed by atoms with E-state index in [-0.39, 0.29) is 23.2 Å². The summed E-state index contributed by atoms with van der Waals surface area (Å²) < 4.78 is 0. The van der Waals surface area contributed by atoms with Crippen LogP contribution in [0.25, 0.3) is 0 Å². The Morgan fingerprint density at radius 2 is 1.93 bits per heavy atom. The second kappa shape index (κ2) is 6.99. The Kier molecular flexibility index (Phi) is 5.16. The number of thiocarbonyl (C=S) groups is 1. The van der Waals surface area contributed by atoms with E-state index in [1.165, 1.54) is 5.57 Å². The smallest absolute Gasteiger partial charge is 0.155 e. The largest absolute Gasteiger partial charge is 0.396 e. The van der Waals surface area contributed by atoms with Crippen LogP contribution >= 0.6 is 12.2 Å². The van der Waals surface area contributed by atoms with Crippen LogP contribution in [0.4, 0.5) is 0 Å². The van der Waals surface area contributed by atoms with Crippen molar-refractivity contribution in [1.29, 1.82) is 0 Å². The van der Waals surface area contributed by atoms with Crippen LogP contribution in [0.3, 0.4) is 0 Å². The minimum absolute atomic E-state index is 0.0889. The normalized spacial score (nSPS) is 47.8. The van der Waals surface area contributed by atoms with Gasteiger partial charge in [-0.1, -0.05) is 31.6 Å². The summed E-state index contributed by atoms with van der Waals surface area (Å²) in [5, 5.41) is 21.0. The number of aliphatic hydroxyl groups excluding tert-OH is 1. The van der Waals surface area contributed by atoms with Crippen molar-refractivity contribution in [3.63, 3.8) is 0 Å². The zero-order chi connectivity index (χ0) is 20.3. The van der Waals surface area contributed by atoms with Gasteiger partial charge in [-0.25, -0.2) is 0 Å². The molecule has 4 aliphatic carbocycles. The van der Waals surface area contributed by atoms with Crippen molar-refractivity contribution in [2.45, 2.75) is 84.2 Å². The molecule has 0 aliphatic heterocycles. The molecule has 0 amide bonds. The van der Waals surface area contributed by atoms with Crippen molar-refractivity contribution in [2.24, 2.45) is 34.5 Å². The number of allylic oxidation sites excluding steroid dienone is 1. The molecule has 0 aromatic rings. The van der Waals surface area contributed by atoms with Gasteiger partial charge >= 0.3 is 0 Å². The summed E-state index contributed by atoms with van der Waals surface area (Å²) >= 11 is 5.76. The lowest BCUT2D eigenvalue weighted by Gasteiger charge is -2.61. The van der Waals surface area contributed by atoms with Crippen molar-refractivity contribution in [3.05, 3.63) is 11.6 Å². The Labute approximate surface area is 175 Å². The topological polar surface area (TPSA) is 57.5 Å². The van der Waals surface area contributed by atoms with E-state index in [2.05, 4.69) is 20.8 Å². The van der Waals surface area contributed by atoms with Crippen LogP contribution < -0.4 is 0 Å². The number of hydrogen-bond donors (Lipinski definition) is 2. The molecule has 28 heavy (non-hydrogen) atoms. The minimum Gasteiger partial charge on any atom is -0.396 e. The average Bonchev–Trinajstić information content (AvgIpc) is 2.91. The van der Waals surface area contributed by atoms with E-state index in [1.54, 1.807) is 0 Å². The number of hydrogen-bond acceptors (Lipinski definition) is 4. The molecule has 7 atom stereocenters. The average molecular weight is 405 g/mol.